The van der Waals surface area contributed by atoms with Crippen molar-refractivity contribution in [2.24, 2.45) is 12.2 Å². The summed E-state index contributed by atoms with van der Waals surface area (Å²) >= 11 is 5.26. The topological polar surface area (TPSA) is 116 Å². The molecule has 0 atom stereocenters. The zero-order chi connectivity index (χ0) is 16.2. The van der Waals surface area contributed by atoms with Gasteiger partial charge in [0.1, 0.15) is 0 Å². The molecular formula is C12H16N6O2S2. The zero-order valence-corrected chi connectivity index (χ0v) is 13.6. The molecule has 1 heterocycles. The van der Waals surface area contributed by atoms with Crippen molar-refractivity contribution in [2.75, 3.05) is 5.32 Å². The summed E-state index contributed by atoms with van der Waals surface area (Å²) in [6, 6.07) is 6.12. The highest BCUT2D eigenvalue weighted by Crippen LogP contribution is 2.13. The standard InChI is InChI=1S/C12H16N6O2S2/c1-18-11(15-16-17-18)3-2-4-12(21)14-9-5-7-10(8-6-9)22(13,19)20/h5-8H,2-4H2,1H3,(H,14,21)(H2,13,19,20). The van der Waals surface area contributed by atoms with Crippen molar-refractivity contribution < 1.29 is 8.42 Å². The maximum absolute atomic E-state index is 11.2. The number of benzene rings is 1. The van der Waals surface area contributed by atoms with E-state index in [0.717, 1.165) is 24.4 Å². The fourth-order valence-electron chi connectivity index (χ4n) is 1.82. The van der Waals surface area contributed by atoms with Gasteiger partial charge in [0.05, 0.1) is 9.88 Å². The van der Waals surface area contributed by atoms with Crippen molar-refractivity contribution >= 4 is 32.9 Å². The molecule has 0 radical (unpaired) electrons. The first-order valence-electron chi connectivity index (χ1n) is 6.50. The van der Waals surface area contributed by atoms with E-state index in [1.807, 2.05) is 0 Å². The lowest BCUT2D eigenvalue weighted by Gasteiger charge is -2.08. The normalized spacial score (nSPS) is 11.4. The molecule has 2 rings (SSSR count). The number of aryl methyl sites for hydroxylation is 2. The highest BCUT2D eigenvalue weighted by atomic mass is 32.2. The minimum atomic E-state index is -3.67. The molecule has 0 amide bonds. The number of nitrogens with zero attached hydrogens (tertiary/aromatic N) is 4. The van der Waals surface area contributed by atoms with Gasteiger partial charge >= 0.3 is 0 Å². The van der Waals surface area contributed by atoms with Crippen LogP contribution in [-0.4, -0.2) is 33.6 Å². The Labute approximate surface area is 133 Å². The van der Waals surface area contributed by atoms with Crippen LogP contribution in [0.1, 0.15) is 18.7 Å². The number of nitrogens with one attached hydrogen (secondary N) is 1. The second-order valence-corrected chi connectivity index (χ2v) is 6.74. The fourth-order valence-corrected chi connectivity index (χ4v) is 2.60. The van der Waals surface area contributed by atoms with E-state index in [1.54, 1.807) is 23.9 Å². The number of sulfonamides is 1. The first-order chi connectivity index (χ1) is 10.4. The molecule has 0 aliphatic heterocycles. The van der Waals surface area contributed by atoms with Crippen molar-refractivity contribution in [3.63, 3.8) is 0 Å². The molecule has 1 aromatic heterocycles. The average Bonchev–Trinajstić information content (AvgIpc) is 2.84. The predicted molar refractivity (Wildman–Crippen MR) is 85.8 cm³/mol. The molecule has 3 N–H and O–H groups in total. The van der Waals surface area contributed by atoms with Crippen LogP contribution < -0.4 is 10.5 Å². The Balaban J connectivity index is 1.83. The second-order valence-electron chi connectivity index (χ2n) is 4.69. The molecule has 2 aromatic rings. The number of hydrogen-bond acceptors (Lipinski definition) is 6. The lowest BCUT2D eigenvalue weighted by molar-refractivity contribution is 0.598. The third-order valence-electron chi connectivity index (χ3n) is 2.98. The summed E-state index contributed by atoms with van der Waals surface area (Å²) in [5, 5.41) is 19.3. The number of aromatic nitrogens is 4. The summed E-state index contributed by atoms with van der Waals surface area (Å²) in [7, 11) is -1.88. The number of nitrogens with two attached hydrogens (primary N) is 1. The van der Waals surface area contributed by atoms with E-state index in [9.17, 15) is 8.42 Å². The van der Waals surface area contributed by atoms with E-state index >= 15 is 0 Å². The molecule has 1 aromatic carbocycles. The van der Waals surface area contributed by atoms with E-state index in [4.69, 9.17) is 17.4 Å². The third-order valence-corrected chi connectivity index (χ3v) is 4.21. The molecule has 0 unspecified atom stereocenters. The first-order valence-corrected chi connectivity index (χ1v) is 8.45. The Kier molecular flexibility index (Phi) is 5.16. The van der Waals surface area contributed by atoms with E-state index in [2.05, 4.69) is 20.8 Å². The molecule has 22 heavy (non-hydrogen) atoms. The Morgan fingerprint density at radius 3 is 2.59 bits per heavy atom. The quantitative estimate of drug-likeness (QED) is 0.740. The summed E-state index contributed by atoms with van der Waals surface area (Å²) in [4.78, 5) is 0.734. The van der Waals surface area contributed by atoms with Crippen molar-refractivity contribution in [1.29, 1.82) is 0 Å². The van der Waals surface area contributed by atoms with Gasteiger partial charge in [-0.2, -0.15) is 0 Å². The van der Waals surface area contributed by atoms with Crippen molar-refractivity contribution in [3.05, 3.63) is 30.1 Å². The zero-order valence-electron chi connectivity index (χ0n) is 11.9. The lowest BCUT2D eigenvalue weighted by Crippen LogP contribution is -2.13. The number of primary sulfonamides is 1. The molecule has 8 nitrogen and oxygen atoms in total. The van der Waals surface area contributed by atoms with Gasteiger partial charge in [0.15, 0.2) is 5.82 Å². The Bertz CT molecular complexity index is 754. The number of tetrazole rings is 1. The van der Waals surface area contributed by atoms with Gasteiger partial charge in [-0.1, -0.05) is 12.2 Å². The minimum Gasteiger partial charge on any atom is -0.350 e. The van der Waals surface area contributed by atoms with Crippen LogP contribution in [0.5, 0.6) is 0 Å². The molecule has 0 aliphatic carbocycles. The summed E-state index contributed by atoms with van der Waals surface area (Å²) in [6.45, 7) is 0. The molecule has 10 heteroatoms. The summed E-state index contributed by atoms with van der Waals surface area (Å²) in [5.41, 5.74) is 0.720. The van der Waals surface area contributed by atoms with Crippen LogP contribution in [0.25, 0.3) is 0 Å². The monoisotopic (exact) mass is 340 g/mol. The molecule has 0 fully saturated rings. The van der Waals surface area contributed by atoms with Crippen LogP contribution in [0.3, 0.4) is 0 Å². The van der Waals surface area contributed by atoms with Crippen molar-refractivity contribution in [3.8, 4) is 0 Å². The van der Waals surface area contributed by atoms with Gasteiger partial charge in [0.2, 0.25) is 10.0 Å². The van der Waals surface area contributed by atoms with Crippen LogP contribution in [0.15, 0.2) is 29.2 Å². The van der Waals surface area contributed by atoms with E-state index in [-0.39, 0.29) is 4.90 Å². The van der Waals surface area contributed by atoms with E-state index in [0.29, 0.717) is 11.4 Å². The summed E-state index contributed by atoms with van der Waals surface area (Å²) < 4.78 is 23.9. The van der Waals surface area contributed by atoms with Gasteiger partial charge in [-0.3, -0.25) is 0 Å². The summed E-state index contributed by atoms with van der Waals surface area (Å²) in [6.07, 6.45) is 2.23. The Morgan fingerprint density at radius 1 is 1.36 bits per heavy atom. The molecule has 0 bridgehead atoms. The highest BCUT2D eigenvalue weighted by molar-refractivity contribution is 7.89. The number of thiocarbonyl (C=S) groups is 1. The van der Waals surface area contributed by atoms with Gasteiger partial charge in [-0.15, -0.1) is 5.10 Å². The number of anilines is 1. The van der Waals surface area contributed by atoms with E-state index in [1.165, 1.54) is 12.1 Å². The van der Waals surface area contributed by atoms with Gasteiger partial charge in [-0.05, 0) is 47.5 Å². The number of hydrogen-bond donors (Lipinski definition) is 2. The van der Waals surface area contributed by atoms with Gasteiger partial charge < -0.3 is 5.32 Å². The molecule has 0 saturated carbocycles. The SMILES string of the molecule is Cn1nnnc1CCCC(=S)Nc1ccc(S(N)(=O)=O)cc1. The highest BCUT2D eigenvalue weighted by Gasteiger charge is 2.07. The Morgan fingerprint density at radius 2 is 2.05 bits per heavy atom. The predicted octanol–water partition coefficient (Wildman–Crippen LogP) is 0.620. The molecule has 0 saturated heterocycles. The lowest BCUT2D eigenvalue weighted by atomic mass is 10.2. The largest absolute Gasteiger partial charge is 0.350 e. The molecular weight excluding hydrogens is 324 g/mol. The molecule has 0 spiro atoms. The fraction of sp³-hybridized carbons (Fsp3) is 0.333. The van der Waals surface area contributed by atoms with Crippen LogP contribution in [-0.2, 0) is 23.5 Å². The van der Waals surface area contributed by atoms with Crippen LogP contribution in [0.4, 0.5) is 5.69 Å². The smallest absolute Gasteiger partial charge is 0.238 e. The maximum atomic E-state index is 11.2. The third kappa shape index (κ3) is 4.55. The van der Waals surface area contributed by atoms with Crippen LogP contribution >= 0.6 is 12.2 Å². The summed E-state index contributed by atoms with van der Waals surface area (Å²) in [5.74, 6) is 0.806. The molecule has 0 aliphatic rings. The molecule has 118 valence electrons. The average molecular weight is 340 g/mol. The van der Waals surface area contributed by atoms with Gasteiger partial charge in [0, 0.05) is 19.2 Å². The van der Waals surface area contributed by atoms with Gasteiger partial charge in [-0.25, -0.2) is 18.2 Å². The Hall–Kier alpha value is -1.91. The van der Waals surface area contributed by atoms with Crippen LogP contribution in [0.2, 0.25) is 0 Å². The van der Waals surface area contributed by atoms with Crippen molar-refractivity contribution in [2.45, 2.75) is 24.2 Å². The maximum Gasteiger partial charge on any atom is 0.238 e. The second kappa shape index (κ2) is 6.90. The first kappa shape index (κ1) is 16.5. The van der Waals surface area contributed by atoms with Crippen molar-refractivity contribution in [1.82, 2.24) is 20.2 Å². The minimum absolute atomic E-state index is 0.0683. The van der Waals surface area contributed by atoms with Gasteiger partial charge in [0.25, 0.3) is 0 Å². The number of rotatable bonds is 6. The van der Waals surface area contributed by atoms with E-state index < -0.39 is 10.0 Å². The van der Waals surface area contributed by atoms with Crippen LogP contribution in [0, 0.1) is 0 Å².